The van der Waals surface area contributed by atoms with Crippen LogP contribution >= 0.6 is 0 Å². The van der Waals surface area contributed by atoms with Crippen molar-refractivity contribution in [2.75, 3.05) is 13.2 Å². The molecule has 33 heavy (non-hydrogen) atoms. The Kier molecular flexibility index (Phi) is 13.0. The Morgan fingerprint density at radius 3 is 1.91 bits per heavy atom. The van der Waals surface area contributed by atoms with E-state index in [4.69, 9.17) is 20.3 Å². The molecule has 0 unspecified atom stereocenters. The Morgan fingerprint density at radius 2 is 1.45 bits per heavy atom. The molecule has 184 valence electrons. The highest BCUT2D eigenvalue weighted by molar-refractivity contribution is 5.93. The number of ether oxygens (including phenoxy) is 2. The van der Waals surface area contributed by atoms with Gasteiger partial charge in [-0.25, -0.2) is 9.59 Å². The van der Waals surface area contributed by atoms with Gasteiger partial charge >= 0.3 is 23.9 Å². The number of aliphatic carboxylic acids is 2. The first-order valence-electron chi connectivity index (χ1n) is 9.94. The molecule has 0 rings (SSSR count). The molecule has 1 amide bonds. The van der Waals surface area contributed by atoms with Crippen LogP contribution in [0.2, 0.25) is 0 Å². The van der Waals surface area contributed by atoms with Gasteiger partial charge in [0.05, 0.1) is 12.0 Å². The van der Waals surface area contributed by atoms with E-state index in [0.29, 0.717) is 0 Å². The molecule has 0 saturated carbocycles. The van der Waals surface area contributed by atoms with Gasteiger partial charge in [0, 0.05) is 24.0 Å². The lowest BCUT2D eigenvalue weighted by atomic mass is 9.95. The zero-order chi connectivity index (χ0) is 25.7. The fourth-order valence-electron chi connectivity index (χ4n) is 2.32. The molecule has 0 fully saturated rings. The molecular formula is C21H30N2O10. The van der Waals surface area contributed by atoms with E-state index in [2.05, 4.69) is 18.5 Å². The number of hydrogen-bond donors (Lipinski definition) is 4. The number of Topliss-reactive ketones (excluding diaryl/α,β-unsaturated/α-hetero) is 1. The number of ketones is 1. The minimum absolute atomic E-state index is 0.00822. The van der Waals surface area contributed by atoms with Gasteiger partial charge in [-0.1, -0.05) is 13.2 Å². The Hall–Kier alpha value is -3.54. The summed E-state index contributed by atoms with van der Waals surface area (Å²) in [7, 11) is 0. The van der Waals surface area contributed by atoms with Gasteiger partial charge in [0.25, 0.3) is 0 Å². The number of esters is 2. The number of amides is 1. The van der Waals surface area contributed by atoms with Gasteiger partial charge in [-0.05, 0) is 26.7 Å². The van der Waals surface area contributed by atoms with E-state index in [1.807, 2.05) is 0 Å². The zero-order valence-electron chi connectivity index (χ0n) is 18.6. The third kappa shape index (κ3) is 12.2. The molecule has 0 bridgehead atoms. The molecule has 12 nitrogen and oxygen atoms in total. The van der Waals surface area contributed by atoms with E-state index in [0.717, 1.165) is 0 Å². The Bertz CT molecular complexity index is 805. The third-order valence-electron chi connectivity index (χ3n) is 4.23. The smallest absolute Gasteiger partial charge is 0.333 e. The number of nitrogens with one attached hydrogen (secondary N) is 1. The van der Waals surface area contributed by atoms with E-state index in [1.165, 1.54) is 13.8 Å². The summed E-state index contributed by atoms with van der Waals surface area (Å²) in [6.45, 7) is 8.42. The molecule has 0 spiro atoms. The highest BCUT2D eigenvalue weighted by Gasteiger charge is 2.30. The number of carbonyl (C=O) groups excluding carboxylic acids is 4. The second-order valence-electron chi connectivity index (χ2n) is 7.42. The van der Waals surface area contributed by atoms with Crippen molar-refractivity contribution in [3.8, 4) is 0 Å². The average Bonchev–Trinajstić information content (AvgIpc) is 2.72. The van der Waals surface area contributed by atoms with Gasteiger partial charge in [-0.2, -0.15) is 0 Å². The van der Waals surface area contributed by atoms with Gasteiger partial charge in [-0.15, -0.1) is 0 Å². The van der Waals surface area contributed by atoms with E-state index in [9.17, 15) is 33.9 Å². The van der Waals surface area contributed by atoms with Crippen molar-refractivity contribution < 1.29 is 48.5 Å². The first kappa shape index (κ1) is 29.5. The van der Waals surface area contributed by atoms with Crippen molar-refractivity contribution in [3.05, 3.63) is 24.3 Å². The molecular weight excluding hydrogens is 440 g/mol. The number of nitrogens with two attached hydrogens (primary N) is 1. The van der Waals surface area contributed by atoms with Crippen LogP contribution in [0, 0.1) is 5.92 Å². The summed E-state index contributed by atoms with van der Waals surface area (Å²) in [6, 6.07) is -2.59. The van der Waals surface area contributed by atoms with Crippen LogP contribution in [0.1, 0.15) is 39.5 Å². The molecule has 0 aromatic rings. The van der Waals surface area contributed by atoms with Crippen molar-refractivity contribution >= 4 is 35.6 Å². The molecule has 0 saturated heterocycles. The van der Waals surface area contributed by atoms with Crippen LogP contribution in [-0.4, -0.2) is 71.1 Å². The van der Waals surface area contributed by atoms with Crippen molar-refractivity contribution in [3.63, 3.8) is 0 Å². The number of carbonyl (C=O) groups is 6. The predicted octanol–water partition coefficient (Wildman–Crippen LogP) is -0.0480. The lowest BCUT2D eigenvalue weighted by Gasteiger charge is -2.21. The van der Waals surface area contributed by atoms with Gasteiger partial charge in [0.1, 0.15) is 19.3 Å². The number of carboxylic acids is 2. The maximum absolute atomic E-state index is 12.7. The molecule has 0 heterocycles. The summed E-state index contributed by atoms with van der Waals surface area (Å²) >= 11 is 0. The van der Waals surface area contributed by atoms with Crippen molar-refractivity contribution in [1.29, 1.82) is 0 Å². The minimum Gasteiger partial charge on any atom is -0.481 e. The van der Waals surface area contributed by atoms with E-state index in [1.54, 1.807) is 0 Å². The van der Waals surface area contributed by atoms with Crippen LogP contribution in [0.15, 0.2) is 24.3 Å². The minimum atomic E-state index is -1.41. The van der Waals surface area contributed by atoms with Crippen LogP contribution in [-0.2, 0) is 38.2 Å². The SMILES string of the molecule is C=C(C)C(=O)OC[C@H](CC(=O)[C@H](CCCC(=O)O)NC(=O)[C@@H](N)COC(=O)C(=C)C)C(=O)O. The van der Waals surface area contributed by atoms with E-state index in [-0.39, 0.29) is 30.4 Å². The fraction of sp³-hybridized carbons (Fsp3) is 0.524. The van der Waals surface area contributed by atoms with Gasteiger partial charge in [0.15, 0.2) is 5.78 Å². The van der Waals surface area contributed by atoms with Gasteiger partial charge < -0.3 is 30.7 Å². The third-order valence-corrected chi connectivity index (χ3v) is 4.23. The Balaban J connectivity index is 5.23. The summed E-state index contributed by atoms with van der Waals surface area (Å²) in [4.78, 5) is 70.2. The molecule has 0 radical (unpaired) electrons. The first-order chi connectivity index (χ1) is 15.3. The van der Waals surface area contributed by atoms with E-state index >= 15 is 0 Å². The highest BCUT2D eigenvalue weighted by atomic mass is 16.5. The summed E-state index contributed by atoms with van der Waals surface area (Å²) in [6.07, 6.45) is -0.988. The molecule has 0 aliphatic rings. The summed E-state index contributed by atoms with van der Waals surface area (Å²) in [5, 5.41) is 20.5. The first-order valence-corrected chi connectivity index (χ1v) is 9.94. The molecule has 0 aliphatic heterocycles. The predicted molar refractivity (Wildman–Crippen MR) is 114 cm³/mol. The standard InChI is InChI=1S/C21H30N2O10/c1-11(2)20(30)32-9-13(19(28)29)8-16(24)15(6-5-7-17(25)26)23-18(27)14(22)10-33-21(31)12(3)4/h13-15H,1,3,5-10,22H2,2,4H3,(H,23,27)(H,25,26)(H,28,29)/t13-,14-,15-/m0/s1. The van der Waals surface area contributed by atoms with Crippen LogP contribution in [0.4, 0.5) is 0 Å². The van der Waals surface area contributed by atoms with Crippen LogP contribution in [0.25, 0.3) is 0 Å². The normalized spacial score (nSPS) is 13.1. The van der Waals surface area contributed by atoms with E-state index < -0.39 is 73.2 Å². The largest absolute Gasteiger partial charge is 0.481 e. The van der Waals surface area contributed by atoms with Crippen LogP contribution in [0.3, 0.4) is 0 Å². The zero-order valence-corrected chi connectivity index (χ0v) is 18.6. The van der Waals surface area contributed by atoms with Gasteiger partial charge in [-0.3, -0.25) is 19.2 Å². The lowest BCUT2D eigenvalue weighted by Crippen LogP contribution is -2.50. The average molecular weight is 470 g/mol. The monoisotopic (exact) mass is 470 g/mol. The Morgan fingerprint density at radius 1 is 0.939 bits per heavy atom. The molecule has 12 heteroatoms. The topological polar surface area (TPSA) is 199 Å². The summed E-state index contributed by atoms with van der Waals surface area (Å²) < 4.78 is 9.59. The molecule has 0 aromatic carbocycles. The number of carboxylic acid groups (broad SMARTS) is 2. The van der Waals surface area contributed by atoms with Crippen molar-refractivity contribution in [2.24, 2.45) is 11.7 Å². The quantitative estimate of drug-likeness (QED) is 0.174. The summed E-state index contributed by atoms with van der Waals surface area (Å²) in [5.74, 6) is -7.10. The Labute approximate surface area is 190 Å². The van der Waals surface area contributed by atoms with Crippen LogP contribution in [0.5, 0.6) is 0 Å². The molecule has 5 N–H and O–H groups in total. The second kappa shape index (κ2) is 14.5. The lowest BCUT2D eigenvalue weighted by molar-refractivity contribution is -0.150. The molecule has 0 aliphatic carbocycles. The fourth-order valence-corrected chi connectivity index (χ4v) is 2.32. The highest BCUT2D eigenvalue weighted by Crippen LogP contribution is 2.12. The number of rotatable bonds is 16. The number of hydrogen-bond acceptors (Lipinski definition) is 9. The maximum Gasteiger partial charge on any atom is 0.333 e. The summed E-state index contributed by atoms with van der Waals surface area (Å²) in [5.41, 5.74) is 5.81. The van der Waals surface area contributed by atoms with Crippen LogP contribution < -0.4 is 11.1 Å². The van der Waals surface area contributed by atoms with Gasteiger partial charge in [0.2, 0.25) is 5.91 Å². The second-order valence-corrected chi connectivity index (χ2v) is 7.42. The molecule has 0 aromatic heterocycles. The maximum atomic E-state index is 12.7. The molecule has 3 atom stereocenters. The van der Waals surface area contributed by atoms with Crippen molar-refractivity contribution in [1.82, 2.24) is 5.32 Å². The van der Waals surface area contributed by atoms with Crippen molar-refractivity contribution in [2.45, 2.75) is 51.6 Å².